The Morgan fingerprint density at radius 1 is 1.21 bits per heavy atom. The molecule has 2 aromatic heterocycles. The average molecular weight is 541 g/mol. The van der Waals surface area contributed by atoms with Crippen molar-refractivity contribution in [2.45, 2.75) is 58.0 Å². The Balaban J connectivity index is 1.50. The summed E-state index contributed by atoms with van der Waals surface area (Å²) in [5.74, 6) is -1.92. The van der Waals surface area contributed by atoms with E-state index in [1.54, 1.807) is 45.0 Å². The monoisotopic (exact) mass is 540 g/mol. The zero-order chi connectivity index (χ0) is 28.0. The first-order chi connectivity index (χ1) is 18.7. The Morgan fingerprint density at radius 2 is 1.87 bits per heavy atom. The summed E-state index contributed by atoms with van der Waals surface area (Å²) in [5.41, 5.74) is -0.162. The third-order valence-electron chi connectivity index (χ3n) is 6.74. The lowest BCUT2D eigenvalue weighted by Gasteiger charge is -2.31. The summed E-state index contributed by atoms with van der Waals surface area (Å²) in [6, 6.07) is 6.42. The van der Waals surface area contributed by atoms with E-state index in [4.69, 9.17) is 9.47 Å². The molecule has 14 heteroatoms. The van der Waals surface area contributed by atoms with E-state index in [1.807, 2.05) is 0 Å². The molecular formula is C25H28N6O8. The first kappa shape index (κ1) is 26.6. The number of rotatable bonds is 8. The normalized spacial score (nSPS) is 23.6. The van der Waals surface area contributed by atoms with E-state index in [-0.39, 0.29) is 46.5 Å². The van der Waals surface area contributed by atoms with E-state index in [0.29, 0.717) is 0 Å². The summed E-state index contributed by atoms with van der Waals surface area (Å²) in [6.45, 7) is 4.52. The highest BCUT2D eigenvalue weighted by molar-refractivity contribution is 6.21. The molecule has 1 saturated heterocycles. The van der Waals surface area contributed by atoms with Gasteiger partial charge in [-0.2, -0.15) is 4.98 Å². The highest BCUT2D eigenvalue weighted by Gasteiger charge is 2.49. The number of aromatic amines is 1. The number of nitrogens with one attached hydrogen (secondary N) is 2. The molecule has 4 N–H and O–H groups in total. The number of imidazole rings is 1. The number of fused-ring (bicyclic) bond motifs is 2. The number of ether oxygens (including phenoxy) is 2. The van der Waals surface area contributed by atoms with Crippen molar-refractivity contribution in [3.8, 4) is 0 Å². The Morgan fingerprint density at radius 3 is 2.46 bits per heavy atom. The predicted molar refractivity (Wildman–Crippen MR) is 135 cm³/mol. The third kappa shape index (κ3) is 4.50. The molecular weight excluding hydrogens is 512 g/mol. The second-order valence-corrected chi connectivity index (χ2v) is 9.61. The number of nitrogens with zero attached hydrogens (tertiary/aromatic N) is 4. The second kappa shape index (κ2) is 10.3. The molecule has 2 aliphatic heterocycles. The number of carbonyl (C=O) groups excluding carboxylic acids is 3. The standard InChI is InChI=1S/C25H28N6O8/c1-4-15(31-22(36)12-7-5-6-8-13(12)23(31)37)39-18-17(33)14(9-32)38-24(18)30-10-26-16-19(30)27-25(29-21(16)35)28-20(34)11(2)3/h5-8,10-11,14-15,17-18,24,32-33H,4,9H2,1-3H3,(H2,27,28,29,34,35)/t14-,15?,17-,18-,24-/m1/s1. The van der Waals surface area contributed by atoms with Gasteiger partial charge in [0, 0.05) is 5.92 Å². The molecule has 0 bridgehead atoms. The number of hydrogen-bond donors (Lipinski definition) is 4. The van der Waals surface area contributed by atoms with E-state index in [2.05, 4.69) is 20.3 Å². The van der Waals surface area contributed by atoms with Crippen molar-refractivity contribution >= 4 is 34.8 Å². The number of anilines is 1. The molecule has 5 rings (SSSR count). The van der Waals surface area contributed by atoms with Gasteiger partial charge < -0.3 is 19.7 Å². The second-order valence-electron chi connectivity index (χ2n) is 9.61. The molecule has 1 aromatic carbocycles. The molecule has 2 aliphatic rings. The maximum absolute atomic E-state index is 13.1. The van der Waals surface area contributed by atoms with Gasteiger partial charge >= 0.3 is 0 Å². The minimum atomic E-state index is -1.37. The van der Waals surface area contributed by atoms with Gasteiger partial charge in [0.25, 0.3) is 17.4 Å². The molecule has 39 heavy (non-hydrogen) atoms. The van der Waals surface area contributed by atoms with Crippen molar-refractivity contribution in [2.24, 2.45) is 5.92 Å². The van der Waals surface area contributed by atoms with Crippen LogP contribution in [0.4, 0.5) is 5.95 Å². The zero-order valence-corrected chi connectivity index (χ0v) is 21.4. The molecule has 3 aromatic rings. The molecule has 0 aliphatic carbocycles. The lowest BCUT2D eigenvalue weighted by molar-refractivity contribution is -0.131. The maximum atomic E-state index is 13.1. The van der Waals surface area contributed by atoms with Crippen molar-refractivity contribution in [3.63, 3.8) is 0 Å². The van der Waals surface area contributed by atoms with Crippen molar-refractivity contribution in [1.29, 1.82) is 0 Å². The van der Waals surface area contributed by atoms with E-state index in [1.165, 1.54) is 10.9 Å². The highest BCUT2D eigenvalue weighted by atomic mass is 16.6. The summed E-state index contributed by atoms with van der Waals surface area (Å²) in [5, 5.41) is 23.3. The minimum Gasteiger partial charge on any atom is -0.394 e. The molecule has 4 heterocycles. The van der Waals surface area contributed by atoms with E-state index >= 15 is 0 Å². The number of carbonyl (C=O) groups is 3. The number of aromatic nitrogens is 4. The van der Waals surface area contributed by atoms with Crippen LogP contribution in [0.2, 0.25) is 0 Å². The zero-order valence-electron chi connectivity index (χ0n) is 21.4. The molecule has 5 atom stereocenters. The molecule has 1 fully saturated rings. The molecule has 14 nitrogen and oxygen atoms in total. The van der Waals surface area contributed by atoms with Gasteiger partial charge in [0.1, 0.15) is 24.5 Å². The van der Waals surface area contributed by atoms with Gasteiger partial charge in [0.2, 0.25) is 11.9 Å². The number of hydrogen-bond acceptors (Lipinski definition) is 10. The average Bonchev–Trinajstić information content (AvgIpc) is 3.55. The Labute approximate surface area is 221 Å². The number of H-pyrrole nitrogens is 1. The van der Waals surface area contributed by atoms with Crippen LogP contribution < -0.4 is 10.9 Å². The minimum absolute atomic E-state index is 0.0241. The Bertz CT molecular complexity index is 1460. The molecule has 1 unspecified atom stereocenters. The smallest absolute Gasteiger partial charge is 0.280 e. The summed E-state index contributed by atoms with van der Waals surface area (Å²) >= 11 is 0. The van der Waals surface area contributed by atoms with Gasteiger partial charge in [0.15, 0.2) is 17.4 Å². The molecule has 0 radical (unpaired) electrons. The van der Waals surface area contributed by atoms with Crippen LogP contribution in [0, 0.1) is 5.92 Å². The van der Waals surface area contributed by atoms with Gasteiger partial charge in [-0.1, -0.05) is 32.9 Å². The van der Waals surface area contributed by atoms with Crippen LogP contribution >= 0.6 is 0 Å². The van der Waals surface area contributed by atoms with Crippen molar-refractivity contribution < 1.29 is 34.1 Å². The first-order valence-corrected chi connectivity index (χ1v) is 12.5. The largest absolute Gasteiger partial charge is 0.394 e. The van der Waals surface area contributed by atoms with Crippen LogP contribution in [0.5, 0.6) is 0 Å². The predicted octanol–water partition coefficient (Wildman–Crippen LogP) is 0.382. The fourth-order valence-corrected chi connectivity index (χ4v) is 4.66. The Hall–Kier alpha value is -3.98. The molecule has 3 amide bonds. The molecule has 206 valence electrons. The third-order valence-corrected chi connectivity index (χ3v) is 6.74. The SMILES string of the molecule is CCC(O[C@@H]1[C@H](O)[C@@H](CO)O[C@H]1n1cnc2c(=O)[nH]c(NC(=O)C(C)C)nc21)N1C(=O)c2ccccc2C1=O. The van der Waals surface area contributed by atoms with Crippen molar-refractivity contribution in [2.75, 3.05) is 11.9 Å². The molecule has 0 spiro atoms. The van der Waals surface area contributed by atoms with Crippen LogP contribution in [0.15, 0.2) is 35.4 Å². The summed E-state index contributed by atoms with van der Waals surface area (Å²) < 4.78 is 13.4. The maximum Gasteiger partial charge on any atom is 0.280 e. The number of imide groups is 1. The summed E-state index contributed by atoms with van der Waals surface area (Å²) in [6.07, 6.45) is -4.44. The lowest BCUT2D eigenvalue weighted by Crippen LogP contribution is -2.46. The molecule has 0 saturated carbocycles. The summed E-state index contributed by atoms with van der Waals surface area (Å²) in [7, 11) is 0. The van der Waals surface area contributed by atoms with Crippen LogP contribution in [0.25, 0.3) is 11.2 Å². The fourth-order valence-electron chi connectivity index (χ4n) is 4.66. The van der Waals surface area contributed by atoms with Gasteiger partial charge in [0.05, 0.1) is 24.1 Å². The van der Waals surface area contributed by atoms with Crippen molar-refractivity contribution in [1.82, 2.24) is 24.4 Å². The highest BCUT2D eigenvalue weighted by Crippen LogP contribution is 2.36. The van der Waals surface area contributed by atoms with Crippen LogP contribution in [0.3, 0.4) is 0 Å². The first-order valence-electron chi connectivity index (χ1n) is 12.5. The van der Waals surface area contributed by atoms with Gasteiger partial charge in [-0.15, -0.1) is 0 Å². The van der Waals surface area contributed by atoms with Crippen LogP contribution in [-0.4, -0.2) is 83.5 Å². The van der Waals surface area contributed by atoms with Crippen LogP contribution in [-0.2, 0) is 14.3 Å². The summed E-state index contributed by atoms with van der Waals surface area (Å²) in [4.78, 5) is 62.8. The topological polar surface area (TPSA) is 189 Å². The number of benzene rings is 1. The lowest BCUT2D eigenvalue weighted by atomic mass is 10.1. The number of aliphatic hydroxyl groups excluding tert-OH is 2. The fraction of sp³-hybridized carbons (Fsp3) is 0.440. The number of amides is 3. The van der Waals surface area contributed by atoms with E-state index in [0.717, 1.165) is 4.90 Å². The van der Waals surface area contributed by atoms with E-state index in [9.17, 15) is 29.4 Å². The van der Waals surface area contributed by atoms with E-state index < -0.39 is 54.7 Å². The van der Waals surface area contributed by atoms with Crippen molar-refractivity contribution in [3.05, 3.63) is 52.1 Å². The number of aliphatic hydroxyl groups is 2. The van der Waals surface area contributed by atoms with Crippen LogP contribution in [0.1, 0.15) is 54.1 Å². The quantitative estimate of drug-likeness (QED) is 0.291. The van der Waals surface area contributed by atoms with Gasteiger partial charge in [-0.3, -0.25) is 34.0 Å². The van der Waals surface area contributed by atoms with Gasteiger partial charge in [-0.25, -0.2) is 9.88 Å². The van der Waals surface area contributed by atoms with Gasteiger partial charge in [-0.05, 0) is 18.6 Å². The Kier molecular flexibility index (Phi) is 7.03.